The molecule has 1 aromatic heterocycles. The predicted molar refractivity (Wildman–Crippen MR) is 137 cm³/mol. The van der Waals surface area contributed by atoms with Gasteiger partial charge in [0.15, 0.2) is 0 Å². The van der Waals surface area contributed by atoms with Crippen molar-refractivity contribution in [2.45, 2.75) is 25.2 Å². The molecule has 2 heterocycles. The molecule has 1 saturated heterocycles. The van der Waals surface area contributed by atoms with Gasteiger partial charge in [0.25, 0.3) is 0 Å². The van der Waals surface area contributed by atoms with Crippen LogP contribution in [-0.2, 0) is 12.8 Å². The van der Waals surface area contributed by atoms with Gasteiger partial charge in [0.2, 0.25) is 5.95 Å². The van der Waals surface area contributed by atoms with Gasteiger partial charge in [-0.15, -0.1) is 0 Å². The number of rotatable bonds is 4. The van der Waals surface area contributed by atoms with Crippen molar-refractivity contribution in [2.75, 3.05) is 36.4 Å². The molecule has 3 N–H and O–H groups in total. The van der Waals surface area contributed by atoms with Gasteiger partial charge in [-0.25, -0.2) is 14.4 Å². The number of fused-ring (bicyclic) bond motifs is 2. The van der Waals surface area contributed by atoms with Gasteiger partial charge in [-0.3, -0.25) is 0 Å². The molecule has 1 unspecified atom stereocenters. The molecular weight excluding hydrogens is 441 g/mol. The number of halogens is 1. The molecule has 35 heavy (non-hydrogen) atoms. The lowest BCUT2D eigenvalue weighted by molar-refractivity contribution is 0.455. The van der Waals surface area contributed by atoms with E-state index in [1.807, 2.05) is 12.1 Å². The second-order valence-electron chi connectivity index (χ2n) is 9.37. The van der Waals surface area contributed by atoms with E-state index in [1.165, 1.54) is 17.2 Å². The summed E-state index contributed by atoms with van der Waals surface area (Å²) in [5.41, 5.74) is 5.52. The maximum atomic E-state index is 14.9. The second kappa shape index (κ2) is 9.15. The summed E-state index contributed by atoms with van der Waals surface area (Å²) in [5, 5.41) is 18.2. The minimum Gasteiger partial charge on any atom is -0.508 e. The molecule has 1 fully saturated rings. The Morgan fingerprint density at radius 3 is 2.69 bits per heavy atom. The number of benzene rings is 3. The fourth-order valence-electron chi connectivity index (χ4n) is 5.39. The summed E-state index contributed by atoms with van der Waals surface area (Å²) in [6, 6.07) is 17.2. The zero-order valence-corrected chi connectivity index (χ0v) is 19.5. The average Bonchev–Trinajstić information content (AvgIpc) is 2.89. The highest BCUT2D eigenvalue weighted by Gasteiger charge is 2.25. The van der Waals surface area contributed by atoms with E-state index in [2.05, 4.69) is 44.8 Å². The Bertz CT molecular complexity index is 1390. The van der Waals surface area contributed by atoms with Gasteiger partial charge in [0, 0.05) is 49.0 Å². The molecule has 6 nitrogen and oxygen atoms in total. The monoisotopic (exact) mass is 469 g/mol. The number of anilines is 3. The van der Waals surface area contributed by atoms with Crippen molar-refractivity contribution in [3.8, 4) is 5.75 Å². The smallest absolute Gasteiger partial charge is 0.227 e. The SMILES string of the molecule is Oc1ccc2cnc(Nc3ccc(N4CCNCC4)c(F)c3)nc2c1C1CCc2ccccc2C1. The van der Waals surface area contributed by atoms with E-state index in [1.54, 1.807) is 18.3 Å². The summed E-state index contributed by atoms with van der Waals surface area (Å²) in [5.74, 6) is 0.553. The zero-order valence-electron chi connectivity index (χ0n) is 19.5. The quantitative estimate of drug-likeness (QED) is 0.395. The number of aromatic nitrogens is 2. The van der Waals surface area contributed by atoms with Crippen molar-refractivity contribution in [1.82, 2.24) is 15.3 Å². The first kappa shape index (κ1) is 21.8. The van der Waals surface area contributed by atoms with Crippen LogP contribution in [0, 0.1) is 5.82 Å². The van der Waals surface area contributed by atoms with Gasteiger partial charge in [-0.1, -0.05) is 24.3 Å². The van der Waals surface area contributed by atoms with Gasteiger partial charge in [-0.2, -0.15) is 0 Å². The third-order valence-corrected chi connectivity index (χ3v) is 7.19. The first-order valence-electron chi connectivity index (χ1n) is 12.2. The van der Waals surface area contributed by atoms with Gasteiger partial charge in [-0.05, 0) is 66.6 Å². The van der Waals surface area contributed by atoms with E-state index in [0.29, 0.717) is 17.3 Å². The van der Waals surface area contributed by atoms with Crippen LogP contribution in [0.3, 0.4) is 0 Å². The fourth-order valence-corrected chi connectivity index (χ4v) is 5.39. The fraction of sp³-hybridized carbons (Fsp3) is 0.286. The molecule has 0 radical (unpaired) electrons. The topological polar surface area (TPSA) is 73.3 Å². The maximum Gasteiger partial charge on any atom is 0.227 e. The Kier molecular flexibility index (Phi) is 5.70. The van der Waals surface area contributed by atoms with E-state index in [9.17, 15) is 9.50 Å². The summed E-state index contributed by atoms with van der Waals surface area (Å²) < 4.78 is 14.9. The number of phenolic OH excluding ortho intramolecular Hbond substituents is 1. The number of piperazine rings is 1. The molecular formula is C28H28FN5O. The molecule has 7 heteroatoms. The molecule has 0 saturated carbocycles. The Morgan fingerprint density at radius 2 is 1.86 bits per heavy atom. The number of hydrogen-bond acceptors (Lipinski definition) is 6. The van der Waals surface area contributed by atoms with E-state index in [-0.39, 0.29) is 17.5 Å². The normalized spacial score (nSPS) is 17.9. The van der Waals surface area contributed by atoms with E-state index < -0.39 is 0 Å². The number of nitrogens with zero attached hydrogens (tertiary/aromatic N) is 3. The van der Waals surface area contributed by atoms with Crippen molar-refractivity contribution < 1.29 is 9.50 Å². The molecule has 1 atom stereocenters. The number of aryl methyl sites for hydroxylation is 1. The van der Waals surface area contributed by atoms with Crippen LogP contribution in [0.2, 0.25) is 0 Å². The summed E-state index contributed by atoms with van der Waals surface area (Å²) >= 11 is 0. The summed E-state index contributed by atoms with van der Waals surface area (Å²) in [6.45, 7) is 3.28. The van der Waals surface area contributed by atoms with Crippen LogP contribution in [0.4, 0.5) is 21.7 Å². The highest BCUT2D eigenvalue weighted by Crippen LogP contribution is 2.40. The van der Waals surface area contributed by atoms with Crippen LogP contribution in [0.15, 0.2) is 60.8 Å². The van der Waals surface area contributed by atoms with Crippen LogP contribution in [0.5, 0.6) is 5.75 Å². The lowest BCUT2D eigenvalue weighted by Crippen LogP contribution is -2.43. The molecule has 0 spiro atoms. The molecule has 6 rings (SSSR count). The number of nitrogens with one attached hydrogen (secondary N) is 2. The summed E-state index contributed by atoms with van der Waals surface area (Å²) in [6.07, 6.45) is 4.56. The van der Waals surface area contributed by atoms with Gasteiger partial charge >= 0.3 is 0 Å². The first-order valence-corrected chi connectivity index (χ1v) is 12.2. The molecule has 0 amide bonds. The highest BCUT2D eigenvalue weighted by atomic mass is 19.1. The zero-order chi connectivity index (χ0) is 23.8. The average molecular weight is 470 g/mol. The predicted octanol–water partition coefficient (Wildman–Crippen LogP) is 4.90. The first-order chi connectivity index (χ1) is 17.2. The number of hydrogen-bond donors (Lipinski definition) is 3. The molecule has 2 aliphatic rings. The molecule has 178 valence electrons. The Balaban J connectivity index is 1.30. The Hall–Kier alpha value is -3.71. The minimum absolute atomic E-state index is 0.173. The molecule has 4 aromatic rings. The number of aromatic hydroxyl groups is 1. The molecule has 1 aliphatic carbocycles. The van der Waals surface area contributed by atoms with Crippen LogP contribution >= 0.6 is 0 Å². The van der Waals surface area contributed by atoms with Gasteiger partial charge in [0.1, 0.15) is 11.6 Å². The largest absolute Gasteiger partial charge is 0.508 e. The highest BCUT2D eigenvalue weighted by molar-refractivity contribution is 5.85. The van der Waals surface area contributed by atoms with E-state index in [0.717, 1.165) is 61.9 Å². The van der Waals surface area contributed by atoms with Gasteiger partial charge in [0.05, 0.1) is 11.2 Å². The Morgan fingerprint density at radius 1 is 1.03 bits per heavy atom. The standard InChI is InChI=1S/C28H28FN5O/c29-23-16-22(8-9-24(23)34-13-11-30-12-14-34)32-28-31-17-21-7-10-25(35)26(27(21)33-28)20-6-5-18-3-1-2-4-19(18)15-20/h1-4,7-10,16-17,20,30,35H,5-6,11-15H2,(H,31,32,33). The third kappa shape index (κ3) is 4.28. The van der Waals surface area contributed by atoms with Crippen LogP contribution in [0.25, 0.3) is 10.9 Å². The number of phenols is 1. The van der Waals surface area contributed by atoms with E-state index in [4.69, 9.17) is 4.98 Å². The van der Waals surface area contributed by atoms with Crippen LogP contribution < -0.4 is 15.5 Å². The van der Waals surface area contributed by atoms with Crippen molar-refractivity contribution in [3.05, 3.63) is 83.3 Å². The summed E-state index contributed by atoms with van der Waals surface area (Å²) in [7, 11) is 0. The lowest BCUT2D eigenvalue weighted by Gasteiger charge is -2.29. The summed E-state index contributed by atoms with van der Waals surface area (Å²) in [4.78, 5) is 11.3. The van der Waals surface area contributed by atoms with Gasteiger partial charge < -0.3 is 20.6 Å². The van der Waals surface area contributed by atoms with E-state index >= 15 is 0 Å². The van der Waals surface area contributed by atoms with Crippen LogP contribution in [-0.4, -0.2) is 41.3 Å². The molecule has 1 aliphatic heterocycles. The minimum atomic E-state index is -0.267. The van der Waals surface area contributed by atoms with Crippen molar-refractivity contribution in [3.63, 3.8) is 0 Å². The molecule has 3 aromatic carbocycles. The van der Waals surface area contributed by atoms with Crippen molar-refractivity contribution >= 4 is 28.2 Å². The maximum absolute atomic E-state index is 14.9. The van der Waals surface area contributed by atoms with Crippen LogP contribution in [0.1, 0.15) is 29.0 Å². The second-order valence-corrected chi connectivity index (χ2v) is 9.37. The Labute approximate surface area is 203 Å². The van der Waals surface area contributed by atoms with Crippen molar-refractivity contribution in [2.24, 2.45) is 0 Å². The third-order valence-electron chi connectivity index (χ3n) is 7.19. The molecule has 0 bridgehead atoms. The van der Waals surface area contributed by atoms with Crippen molar-refractivity contribution in [1.29, 1.82) is 0 Å². The lowest BCUT2D eigenvalue weighted by atomic mass is 9.79.